The van der Waals surface area contributed by atoms with E-state index in [4.69, 9.17) is 16.7 Å². The number of halogens is 2. The Balaban J connectivity index is 3.00. The molecule has 1 rings (SSSR count). The Morgan fingerprint density at radius 2 is 2.42 bits per heavy atom. The lowest BCUT2D eigenvalue weighted by molar-refractivity contribution is 0.209. The monoisotopic (exact) mass is 190 g/mol. The van der Waals surface area contributed by atoms with Crippen molar-refractivity contribution in [1.82, 2.24) is 4.98 Å². The summed E-state index contributed by atoms with van der Waals surface area (Å²) in [6.07, 6.45) is -0.186. The highest BCUT2D eigenvalue weighted by atomic mass is 35.5. The zero-order chi connectivity index (χ0) is 9.14. The lowest BCUT2D eigenvalue weighted by atomic mass is 10.4. The molecule has 0 bridgehead atoms. The van der Waals surface area contributed by atoms with Crippen molar-refractivity contribution in [3.05, 3.63) is 23.2 Å². The van der Waals surface area contributed by atoms with Crippen molar-refractivity contribution >= 4 is 23.4 Å². The van der Waals surface area contributed by atoms with E-state index in [1.807, 2.05) is 5.32 Å². The van der Waals surface area contributed by atoms with Crippen LogP contribution in [0.5, 0.6) is 0 Å². The highest BCUT2D eigenvalue weighted by Crippen LogP contribution is 2.22. The average molecular weight is 191 g/mol. The number of nitrogens with one attached hydrogen (secondary N) is 1. The third-order valence-corrected chi connectivity index (χ3v) is 1.45. The molecule has 0 aromatic carbocycles. The van der Waals surface area contributed by atoms with E-state index in [0.717, 1.165) is 6.20 Å². The standard InChI is InChI=1S/C6H4ClFN2O2/c7-4-3(10-6(11)12)1-2-9-5(4)8/h1-2H,(H,9,10)(H,11,12). The second-order valence-corrected chi connectivity index (χ2v) is 2.27. The molecule has 2 N–H and O–H groups in total. The van der Waals surface area contributed by atoms with Gasteiger partial charge in [0.1, 0.15) is 5.02 Å². The van der Waals surface area contributed by atoms with Crippen LogP contribution in [0.4, 0.5) is 14.9 Å². The van der Waals surface area contributed by atoms with Crippen molar-refractivity contribution in [2.24, 2.45) is 0 Å². The minimum Gasteiger partial charge on any atom is -0.465 e. The number of hydrogen-bond acceptors (Lipinski definition) is 2. The maximum atomic E-state index is 12.6. The van der Waals surface area contributed by atoms with E-state index in [-0.39, 0.29) is 10.7 Å². The van der Waals surface area contributed by atoms with Gasteiger partial charge in [-0.1, -0.05) is 11.6 Å². The molecule has 1 amide bonds. The minimum absolute atomic E-state index is 0.0170. The van der Waals surface area contributed by atoms with E-state index in [1.54, 1.807) is 0 Å². The molecule has 0 radical (unpaired) electrons. The number of rotatable bonds is 1. The summed E-state index contributed by atoms with van der Waals surface area (Å²) in [6, 6.07) is 1.26. The lowest BCUT2D eigenvalue weighted by Gasteiger charge is -2.01. The summed E-state index contributed by atoms with van der Waals surface area (Å²) < 4.78 is 12.6. The molecule has 0 unspecified atom stereocenters. The third kappa shape index (κ3) is 1.82. The van der Waals surface area contributed by atoms with Crippen LogP contribution in [0.25, 0.3) is 0 Å². The maximum absolute atomic E-state index is 12.6. The van der Waals surface area contributed by atoms with Gasteiger partial charge in [0, 0.05) is 6.20 Å². The van der Waals surface area contributed by atoms with Crippen LogP contribution in [0.2, 0.25) is 5.02 Å². The largest absolute Gasteiger partial charge is 0.465 e. The van der Waals surface area contributed by atoms with Gasteiger partial charge < -0.3 is 5.11 Å². The van der Waals surface area contributed by atoms with Crippen LogP contribution in [-0.2, 0) is 0 Å². The fraction of sp³-hybridized carbons (Fsp3) is 0. The van der Waals surface area contributed by atoms with Gasteiger partial charge in [-0.25, -0.2) is 9.78 Å². The summed E-state index contributed by atoms with van der Waals surface area (Å²) in [5, 5.41) is 9.85. The van der Waals surface area contributed by atoms with Crippen molar-refractivity contribution in [2.45, 2.75) is 0 Å². The molecule has 0 aliphatic heterocycles. The SMILES string of the molecule is O=C(O)Nc1ccnc(F)c1Cl. The van der Waals surface area contributed by atoms with Crippen LogP contribution < -0.4 is 5.32 Å². The normalized spacial score (nSPS) is 9.50. The molecular weight excluding hydrogens is 187 g/mol. The highest BCUT2D eigenvalue weighted by molar-refractivity contribution is 6.33. The Kier molecular flexibility index (Phi) is 2.44. The van der Waals surface area contributed by atoms with E-state index >= 15 is 0 Å². The first-order chi connectivity index (χ1) is 5.61. The first-order valence-electron chi connectivity index (χ1n) is 2.91. The van der Waals surface area contributed by atoms with Gasteiger partial charge in [-0.2, -0.15) is 4.39 Å². The van der Waals surface area contributed by atoms with Gasteiger partial charge in [0.05, 0.1) is 5.69 Å². The summed E-state index contributed by atoms with van der Waals surface area (Å²) in [4.78, 5) is 13.3. The summed E-state index contributed by atoms with van der Waals surface area (Å²) in [6.45, 7) is 0. The van der Waals surface area contributed by atoms with E-state index < -0.39 is 12.0 Å². The lowest BCUT2D eigenvalue weighted by Crippen LogP contribution is -2.08. The topological polar surface area (TPSA) is 62.2 Å². The summed E-state index contributed by atoms with van der Waals surface area (Å²) >= 11 is 5.37. The van der Waals surface area contributed by atoms with E-state index in [1.165, 1.54) is 6.07 Å². The number of nitrogens with zero attached hydrogens (tertiary/aromatic N) is 1. The zero-order valence-corrected chi connectivity index (χ0v) is 6.47. The summed E-state index contributed by atoms with van der Waals surface area (Å²) in [7, 11) is 0. The minimum atomic E-state index is -1.30. The van der Waals surface area contributed by atoms with Gasteiger partial charge in [0.2, 0.25) is 5.95 Å². The fourth-order valence-electron chi connectivity index (χ4n) is 0.630. The number of carbonyl (C=O) groups is 1. The van der Waals surface area contributed by atoms with Gasteiger partial charge in [0.15, 0.2) is 0 Å². The molecule has 0 aliphatic rings. The van der Waals surface area contributed by atoms with Crippen LogP contribution >= 0.6 is 11.6 Å². The number of aromatic nitrogens is 1. The van der Waals surface area contributed by atoms with E-state index in [2.05, 4.69) is 4.98 Å². The van der Waals surface area contributed by atoms with Crippen LogP contribution in [0.3, 0.4) is 0 Å². The van der Waals surface area contributed by atoms with Crippen molar-refractivity contribution < 1.29 is 14.3 Å². The first kappa shape index (κ1) is 8.73. The van der Waals surface area contributed by atoms with Crippen LogP contribution in [0.15, 0.2) is 12.3 Å². The molecule has 1 aromatic rings. The Hall–Kier alpha value is -1.36. The quantitative estimate of drug-likeness (QED) is 0.666. The number of amides is 1. The van der Waals surface area contributed by atoms with Crippen molar-refractivity contribution in [3.63, 3.8) is 0 Å². The fourth-order valence-corrected chi connectivity index (χ4v) is 0.789. The van der Waals surface area contributed by atoms with Gasteiger partial charge in [-0.05, 0) is 6.07 Å². The molecule has 0 fully saturated rings. The second kappa shape index (κ2) is 3.36. The van der Waals surface area contributed by atoms with Crippen LogP contribution in [0, 0.1) is 5.95 Å². The van der Waals surface area contributed by atoms with Gasteiger partial charge in [-0.15, -0.1) is 0 Å². The molecule has 1 heterocycles. The molecule has 0 saturated heterocycles. The maximum Gasteiger partial charge on any atom is 0.409 e. The number of hydrogen-bond donors (Lipinski definition) is 2. The van der Waals surface area contributed by atoms with Gasteiger partial charge in [-0.3, -0.25) is 5.32 Å². The molecule has 0 spiro atoms. The summed E-state index contributed by atoms with van der Waals surface area (Å²) in [5.74, 6) is -0.900. The Morgan fingerprint density at radius 3 is 3.00 bits per heavy atom. The molecule has 1 aromatic heterocycles. The van der Waals surface area contributed by atoms with Gasteiger partial charge >= 0.3 is 6.09 Å². The van der Waals surface area contributed by atoms with Crippen molar-refractivity contribution in [3.8, 4) is 0 Å². The number of pyridine rings is 1. The summed E-state index contributed by atoms with van der Waals surface area (Å²) in [5.41, 5.74) is -0.0170. The molecule has 0 atom stereocenters. The predicted molar refractivity (Wildman–Crippen MR) is 40.9 cm³/mol. The third-order valence-electron chi connectivity index (χ3n) is 1.09. The number of carboxylic acid groups (broad SMARTS) is 1. The highest BCUT2D eigenvalue weighted by Gasteiger charge is 2.08. The average Bonchev–Trinajstić information content (AvgIpc) is 1.98. The molecular formula is C6H4ClFN2O2. The Labute approximate surface area is 72.0 Å². The molecule has 0 aliphatic carbocycles. The molecule has 4 nitrogen and oxygen atoms in total. The smallest absolute Gasteiger partial charge is 0.409 e. The molecule has 64 valence electrons. The number of anilines is 1. The Bertz CT molecular complexity index is 318. The zero-order valence-electron chi connectivity index (χ0n) is 5.71. The van der Waals surface area contributed by atoms with Crippen molar-refractivity contribution in [2.75, 3.05) is 5.32 Å². The van der Waals surface area contributed by atoms with Crippen molar-refractivity contribution in [1.29, 1.82) is 0 Å². The molecule has 6 heteroatoms. The first-order valence-corrected chi connectivity index (χ1v) is 3.29. The Morgan fingerprint density at radius 1 is 1.75 bits per heavy atom. The molecule has 0 saturated carbocycles. The van der Waals surface area contributed by atoms with E-state index in [0.29, 0.717) is 0 Å². The second-order valence-electron chi connectivity index (χ2n) is 1.89. The van der Waals surface area contributed by atoms with Crippen LogP contribution in [0.1, 0.15) is 0 Å². The predicted octanol–water partition coefficient (Wildman–Crippen LogP) is 1.96. The molecule has 12 heavy (non-hydrogen) atoms. The van der Waals surface area contributed by atoms with E-state index in [9.17, 15) is 9.18 Å². The van der Waals surface area contributed by atoms with Crippen LogP contribution in [-0.4, -0.2) is 16.2 Å². The van der Waals surface area contributed by atoms with Gasteiger partial charge in [0.25, 0.3) is 0 Å².